The number of aryl methyl sites for hydroxylation is 1. The molecule has 0 aliphatic heterocycles. The summed E-state index contributed by atoms with van der Waals surface area (Å²) in [6.07, 6.45) is 0. The van der Waals surface area contributed by atoms with Gasteiger partial charge in [0.1, 0.15) is 5.56 Å². The minimum absolute atomic E-state index is 0.147. The van der Waals surface area contributed by atoms with Crippen molar-refractivity contribution in [1.29, 1.82) is 0 Å². The number of nitrogens with zero attached hydrogens (tertiary/aromatic N) is 4. The highest BCUT2D eigenvalue weighted by molar-refractivity contribution is 6.02. The van der Waals surface area contributed by atoms with Crippen molar-refractivity contribution in [3.05, 3.63) is 35.4 Å². The normalized spacial score (nSPS) is 11.1. The second-order valence-corrected chi connectivity index (χ2v) is 3.74. The predicted octanol–water partition coefficient (Wildman–Crippen LogP) is 1.28. The molecule has 1 aromatic carbocycles. The second-order valence-electron chi connectivity index (χ2n) is 3.74. The topological polar surface area (TPSA) is 80.4 Å². The Hall–Kier alpha value is -2.50. The number of aromatic carboxylic acids is 1. The van der Waals surface area contributed by atoms with E-state index in [2.05, 4.69) is 15.5 Å². The molecule has 6 nitrogen and oxygen atoms in total. The fourth-order valence-electron chi connectivity index (χ4n) is 2.04. The number of benzene rings is 1. The molecule has 2 heterocycles. The van der Waals surface area contributed by atoms with Gasteiger partial charge >= 0.3 is 5.97 Å². The van der Waals surface area contributed by atoms with E-state index >= 15 is 0 Å². The number of carboxylic acids is 1. The van der Waals surface area contributed by atoms with Crippen LogP contribution in [0.2, 0.25) is 0 Å². The number of hydrogen-bond acceptors (Lipinski definition) is 4. The molecule has 0 atom stereocenters. The van der Waals surface area contributed by atoms with Gasteiger partial charge in [0.05, 0.1) is 5.52 Å². The standard InChI is InChI=1S/C11H8N4O2/c1-6-7-4-2-3-5-8(7)15-10(12-13-14-15)9(6)11(16)17/h2-5H,1H3,(H,16,17). The summed E-state index contributed by atoms with van der Waals surface area (Å²) >= 11 is 0. The van der Waals surface area contributed by atoms with Crippen LogP contribution in [-0.4, -0.2) is 31.1 Å². The van der Waals surface area contributed by atoms with E-state index in [0.29, 0.717) is 5.56 Å². The number of fused-ring (bicyclic) bond motifs is 3. The molecule has 0 saturated heterocycles. The summed E-state index contributed by atoms with van der Waals surface area (Å²) in [6.45, 7) is 1.76. The lowest BCUT2D eigenvalue weighted by atomic mass is 10.0. The number of tetrazole rings is 1. The van der Waals surface area contributed by atoms with Crippen LogP contribution in [0.4, 0.5) is 0 Å². The Morgan fingerprint density at radius 1 is 1.35 bits per heavy atom. The maximum atomic E-state index is 11.3. The lowest BCUT2D eigenvalue weighted by molar-refractivity contribution is 0.0698. The zero-order chi connectivity index (χ0) is 12.0. The van der Waals surface area contributed by atoms with Gasteiger partial charge in [-0.1, -0.05) is 18.2 Å². The molecule has 0 aliphatic rings. The summed E-state index contributed by atoms with van der Waals surface area (Å²) in [5, 5.41) is 21.2. The Bertz CT molecular complexity index is 748. The third-order valence-electron chi connectivity index (χ3n) is 2.82. The van der Waals surface area contributed by atoms with Crippen molar-refractivity contribution in [2.24, 2.45) is 0 Å². The molecule has 84 valence electrons. The van der Waals surface area contributed by atoms with Crippen molar-refractivity contribution in [3.63, 3.8) is 0 Å². The zero-order valence-electron chi connectivity index (χ0n) is 8.95. The van der Waals surface area contributed by atoms with Crippen LogP contribution in [0.3, 0.4) is 0 Å². The summed E-state index contributed by atoms with van der Waals surface area (Å²) in [5.41, 5.74) is 1.90. The van der Waals surface area contributed by atoms with Crippen LogP contribution in [0.1, 0.15) is 15.9 Å². The monoisotopic (exact) mass is 228 g/mol. The maximum absolute atomic E-state index is 11.3. The fraction of sp³-hybridized carbons (Fsp3) is 0.0909. The highest BCUT2D eigenvalue weighted by Gasteiger charge is 2.18. The molecule has 0 amide bonds. The Labute approximate surface area is 95.5 Å². The Balaban J connectivity index is 2.65. The van der Waals surface area contributed by atoms with Crippen LogP contribution in [0.5, 0.6) is 0 Å². The Morgan fingerprint density at radius 3 is 2.88 bits per heavy atom. The molecule has 0 bridgehead atoms. The van der Waals surface area contributed by atoms with Gasteiger partial charge < -0.3 is 5.11 Å². The molecular weight excluding hydrogens is 220 g/mol. The smallest absolute Gasteiger partial charge is 0.339 e. The van der Waals surface area contributed by atoms with Crippen molar-refractivity contribution in [2.45, 2.75) is 6.92 Å². The maximum Gasteiger partial charge on any atom is 0.339 e. The molecule has 2 aromatic heterocycles. The summed E-state index contributed by atoms with van der Waals surface area (Å²) in [4.78, 5) is 11.3. The number of rotatable bonds is 1. The van der Waals surface area contributed by atoms with Crippen LogP contribution < -0.4 is 0 Å². The van der Waals surface area contributed by atoms with Crippen LogP contribution in [0.25, 0.3) is 16.6 Å². The molecule has 17 heavy (non-hydrogen) atoms. The zero-order valence-corrected chi connectivity index (χ0v) is 8.95. The summed E-state index contributed by atoms with van der Waals surface area (Å²) < 4.78 is 1.45. The van der Waals surface area contributed by atoms with E-state index in [4.69, 9.17) is 0 Å². The van der Waals surface area contributed by atoms with Gasteiger partial charge in [-0.05, 0) is 29.0 Å². The first-order valence-corrected chi connectivity index (χ1v) is 5.03. The average molecular weight is 228 g/mol. The number of carboxylic acid groups (broad SMARTS) is 1. The molecule has 6 heteroatoms. The summed E-state index contributed by atoms with van der Waals surface area (Å²) in [5.74, 6) is -1.02. The van der Waals surface area contributed by atoms with Crippen molar-refractivity contribution >= 4 is 22.5 Å². The van der Waals surface area contributed by atoms with E-state index in [0.717, 1.165) is 10.9 Å². The van der Waals surface area contributed by atoms with Crippen LogP contribution in [0, 0.1) is 6.92 Å². The molecule has 0 unspecified atom stereocenters. The average Bonchev–Trinajstić information content (AvgIpc) is 2.78. The van der Waals surface area contributed by atoms with Crippen LogP contribution in [0.15, 0.2) is 24.3 Å². The van der Waals surface area contributed by atoms with Crippen molar-refractivity contribution in [1.82, 2.24) is 20.0 Å². The third kappa shape index (κ3) is 1.20. The highest BCUT2D eigenvalue weighted by atomic mass is 16.4. The van der Waals surface area contributed by atoms with Crippen molar-refractivity contribution in [3.8, 4) is 0 Å². The largest absolute Gasteiger partial charge is 0.478 e. The first-order chi connectivity index (χ1) is 8.20. The van der Waals surface area contributed by atoms with E-state index in [1.807, 2.05) is 24.3 Å². The van der Waals surface area contributed by atoms with E-state index in [1.165, 1.54) is 4.52 Å². The highest BCUT2D eigenvalue weighted by Crippen LogP contribution is 2.24. The van der Waals surface area contributed by atoms with Crippen LogP contribution >= 0.6 is 0 Å². The Kier molecular flexibility index (Phi) is 1.85. The number of aromatic nitrogens is 4. The molecule has 0 radical (unpaired) electrons. The summed E-state index contributed by atoms with van der Waals surface area (Å²) in [7, 11) is 0. The van der Waals surface area contributed by atoms with Gasteiger partial charge in [0.2, 0.25) is 0 Å². The molecular formula is C11H8N4O2. The van der Waals surface area contributed by atoms with Gasteiger partial charge in [0, 0.05) is 5.39 Å². The van der Waals surface area contributed by atoms with E-state index in [9.17, 15) is 9.90 Å². The molecule has 3 rings (SSSR count). The van der Waals surface area contributed by atoms with E-state index < -0.39 is 5.97 Å². The van der Waals surface area contributed by atoms with Gasteiger partial charge in [-0.2, -0.15) is 4.52 Å². The van der Waals surface area contributed by atoms with Gasteiger partial charge in [0.25, 0.3) is 0 Å². The first kappa shape index (κ1) is 9.71. The fourth-order valence-corrected chi connectivity index (χ4v) is 2.04. The van der Waals surface area contributed by atoms with Crippen LogP contribution in [-0.2, 0) is 0 Å². The minimum Gasteiger partial charge on any atom is -0.478 e. The number of pyridine rings is 1. The quantitative estimate of drug-likeness (QED) is 0.678. The number of para-hydroxylation sites is 1. The number of hydrogen-bond donors (Lipinski definition) is 1. The number of carbonyl (C=O) groups is 1. The van der Waals surface area contributed by atoms with Gasteiger partial charge in [-0.15, -0.1) is 5.10 Å². The molecule has 0 fully saturated rings. The van der Waals surface area contributed by atoms with Gasteiger partial charge in [-0.3, -0.25) is 0 Å². The van der Waals surface area contributed by atoms with E-state index in [1.54, 1.807) is 6.92 Å². The SMILES string of the molecule is Cc1c(C(=O)O)c2nnnn2c2ccccc12. The van der Waals surface area contributed by atoms with Gasteiger partial charge in [-0.25, -0.2) is 4.79 Å². The lowest BCUT2D eigenvalue weighted by Gasteiger charge is -2.07. The Morgan fingerprint density at radius 2 is 2.12 bits per heavy atom. The minimum atomic E-state index is -1.02. The van der Waals surface area contributed by atoms with Gasteiger partial charge in [0.15, 0.2) is 5.65 Å². The second kappa shape index (κ2) is 3.24. The van der Waals surface area contributed by atoms with Crippen molar-refractivity contribution in [2.75, 3.05) is 0 Å². The van der Waals surface area contributed by atoms with Crippen molar-refractivity contribution < 1.29 is 9.90 Å². The lowest BCUT2D eigenvalue weighted by Crippen LogP contribution is -2.06. The predicted molar refractivity (Wildman–Crippen MR) is 60.0 cm³/mol. The summed E-state index contributed by atoms with van der Waals surface area (Å²) in [6, 6.07) is 7.44. The third-order valence-corrected chi connectivity index (χ3v) is 2.82. The molecule has 0 aliphatic carbocycles. The van der Waals surface area contributed by atoms with E-state index in [-0.39, 0.29) is 11.2 Å². The first-order valence-electron chi connectivity index (χ1n) is 5.03. The molecule has 0 spiro atoms. The molecule has 3 aromatic rings. The molecule has 0 saturated carbocycles. The molecule has 1 N–H and O–H groups in total.